The average molecular weight is 316 g/mol. The van der Waals surface area contributed by atoms with E-state index in [0.29, 0.717) is 12.5 Å². The van der Waals surface area contributed by atoms with Crippen LogP contribution in [0.1, 0.15) is 51.0 Å². The standard InChI is InChI=1S/C19H28N2O2/c1-15-6-8-17(9-7-15)21(14-18-5-3-11-23-18)19(22)12-16-4-2-10-20-13-16/h2,4,10,13,15,17-18H,3,5-9,11-12,14H2,1H3/t15?,17?,18-/m1/s1. The summed E-state index contributed by atoms with van der Waals surface area (Å²) < 4.78 is 5.79. The van der Waals surface area contributed by atoms with Crippen molar-refractivity contribution in [2.45, 2.75) is 64.0 Å². The van der Waals surface area contributed by atoms with E-state index in [0.717, 1.165) is 50.3 Å². The van der Waals surface area contributed by atoms with Crippen molar-refractivity contribution < 1.29 is 9.53 Å². The molecule has 1 atom stereocenters. The van der Waals surface area contributed by atoms with Crippen LogP contribution in [0.4, 0.5) is 0 Å². The summed E-state index contributed by atoms with van der Waals surface area (Å²) in [5.74, 6) is 1.03. The van der Waals surface area contributed by atoms with Gasteiger partial charge in [-0.05, 0) is 56.1 Å². The molecule has 0 bridgehead atoms. The Hall–Kier alpha value is -1.42. The Labute approximate surface area is 139 Å². The van der Waals surface area contributed by atoms with Gasteiger partial charge in [-0.25, -0.2) is 0 Å². The van der Waals surface area contributed by atoms with Gasteiger partial charge in [-0.2, -0.15) is 0 Å². The van der Waals surface area contributed by atoms with Crippen LogP contribution < -0.4 is 0 Å². The fourth-order valence-corrected chi connectivity index (χ4v) is 3.80. The molecule has 1 saturated heterocycles. The first-order chi connectivity index (χ1) is 11.2. The van der Waals surface area contributed by atoms with E-state index >= 15 is 0 Å². The molecule has 23 heavy (non-hydrogen) atoms. The van der Waals surface area contributed by atoms with Crippen LogP contribution in [-0.2, 0) is 16.0 Å². The van der Waals surface area contributed by atoms with E-state index in [9.17, 15) is 4.79 Å². The number of hydrogen-bond donors (Lipinski definition) is 0. The molecular weight excluding hydrogens is 288 g/mol. The third-order valence-corrected chi connectivity index (χ3v) is 5.25. The summed E-state index contributed by atoms with van der Waals surface area (Å²) in [4.78, 5) is 19.2. The molecule has 0 radical (unpaired) electrons. The highest BCUT2D eigenvalue weighted by Crippen LogP contribution is 2.28. The van der Waals surface area contributed by atoms with Crippen LogP contribution in [0.3, 0.4) is 0 Å². The monoisotopic (exact) mass is 316 g/mol. The number of ether oxygens (including phenoxy) is 1. The smallest absolute Gasteiger partial charge is 0.227 e. The van der Waals surface area contributed by atoms with Gasteiger partial charge in [0.25, 0.3) is 0 Å². The molecule has 2 fully saturated rings. The Kier molecular flexibility index (Phi) is 5.65. The molecule has 126 valence electrons. The van der Waals surface area contributed by atoms with Crippen LogP contribution in [0.5, 0.6) is 0 Å². The van der Waals surface area contributed by atoms with Crippen molar-refractivity contribution in [3.8, 4) is 0 Å². The molecule has 1 saturated carbocycles. The second kappa shape index (κ2) is 7.91. The van der Waals surface area contributed by atoms with Gasteiger partial charge in [0.05, 0.1) is 12.5 Å². The Morgan fingerprint density at radius 2 is 2.13 bits per heavy atom. The van der Waals surface area contributed by atoms with E-state index < -0.39 is 0 Å². The molecule has 1 aromatic rings. The third-order valence-electron chi connectivity index (χ3n) is 5.25. The molecule has 0 aromatic carbocycles. The van der Waals surface area contributed by atoms with Crippen LogP contribution in [0, 0.1) is 5.92 Å². The zero-order valence-corrected chi connectivity index (χ0v) is 14.1. The van der Waals surface area contributed by atoms with Crippen LogP contribution in [-0.4, -0.2) is 41.1 Å². The quantitative estimate of drug-likeness (QED) is 0.837. The minimum Gasteiger partial charge on any atom is -0.376 e. The van der Waals surface area contributed by atoms with E-state index in [4.69, 9.17) is 4.74 Å². The normalized spacial score (nSPS) is 27.8. The first-order valence-electron chi connectivity index (χ1n) is 9.02. The fraction of sp³-hybridized carbons (Fsp3) is 0.684. The lowest BCUT2D eigenvalue weighted by Crippen LogP contribution is -2.46. The van der Waals surface area contributed by atoms with Gasteiger partial charge >= 0.3 is 0 Å². The molecule has 4 heteroatoms. The molecule has 3 rings (SSSR count). The van der Waals surface area contributed by atoms with Gasteiger partial charge in [-0.3, -0.25) is 9.78 Å². The molecule has 0 spiro atoms. The molecule has 4 nitrogen and oxygen atoms in total. The maximum Gasteiger partial charge on any atom is 0.227 e. The number of pyridine rings is 1. The first-order valence-corrected chi connectivity index (χ1v) is 9.02. The molecule has 0 N–H and O–H groups in total. The topological polar surface area (TPSA) is 42.4 Å². The Bertz CT molecular complexity index is 491. The van der Waals surface area contributed by atoms with Crippen LogP contribution >= 0.6 is 0 Å². The predicted molar refractivity (Wildman–Crippen MR) is 90.0 cm³/mol. The van der Waals surface area contributed by atoms with E-state index in [1.54, 1.807) is 12.4 Å². The molecule has 2 aliphatic rings. The zero-order valence-electron chi connectivity index (χ0n) is 14.1. The Balaban J connectivity index is 1.66. The van der Waals surface area contributed by atoms with Crippen molar-refractivity contribution in [2.24, 2.45) is 5.92 Å². The lowest BCUT2D eigenvalue weighted by Gasteiger charge is -2.37. The van der Waals surface area contributed by atoms with Gasteiger partial charge in [0.2, 0.25) is 5.91 Å². The number of aromatic nitrogens is 1. The number of nitrogens with zero attached hydrogens (tertiary/aromatic N) is 2. The van der Waals surface area contributed by atoms with Crippen molar-refractivity contribution in [3.63, 3.8) is 0 Å². The lowest BCUT2D eigenvalue weighted by atomic mass is 9.86. The summed E-state index contributed by atoms with van der Waals surface area (Å²) >= 11 is 0. The number of amides is 1. The second-order valence-electron chi connectivity index (χ2n) is 7.13. The molecule has 1 aliphatic carbocycles. The molecule has 0 unspecified atom stereocenters. The van der Waals surface area contributed by atoms with Crippen LogP contribution in [0.2, 0.25) is 0 Å². The fourth-order valence-electron chi connectivity index (χ4n) is 3.80. The summed E-state index contributed by atoms with van der Waals surface area (Å²) in [6.45, 7) is 3.92. The number of hydrogen-bond acceptors (Lipinski definition) is 3. The highest BCUT2D eigenvalue weighted by atomic mass is 16.5. The van der Waals surface area contributed by atoms with Crippen LogP contribution in [0.25, 0.3) is 0 Å². The Morgan fingerprint density at radius 3 is 2.78 bits per heavy atom. The van der Waals surface area contributed by atoms with Gasteiger partial charge in [0, 0.05) is 31.6 Å². The van der Waals surface area contributed by atoms with E-state index in [-0.39, 0.29) is 12.0 Å². The van der Waals surface area contributed by atoms with Crippen molar-refractivity contribution in [2.75, 3.05) is 13.2 Å². The largest absolute Gasteiger partial charge is 0.376 e. The molecule has 1 amide bonds. The summed E-state index contributed by atoms with van der Waals surface area (Å²) in [6, 6.07) is 4.27. The van der Waals surface area contributed by atoms with Crippen molar-refractivity contribution in [1.29, 1.82) is 0 Å². The zero-order chi connectivity index (χ0) is 16.1. The van der Waals surface area contributed by atoms with Gasteiger partial charge in [0.15, 0.2) is 0 Å². The highest BCUT2D eigenvalue weighted by Gasteiger charge is 2.30. The maximum atomic E-state index is 12.9. The van der Waals surface area contributed by atoms with Gasteiger partial charge in [0.1, 0.15) is 0 Å². The van der Waals surface area contributed by atoms with E-state index in [1.807, 2.05) is 12.1 Å². The molecule has 1 aromatic heterocycles. The molecular formula is C19H28N2O2. The summed E-state index contributed by atoms with van der Waals surface area (Å²) in [5.41, 5.74) is 0.999. The van der Waals surface area contributed by atoms with Gasteiger partial charge < -0.3 is 9.64 Å². The minimum absolute atomic E-state index is 0.229. The number of carbonyl (C=O) groups excluding carboxylic acids is 1. The second-order valence-corrected chi connectivity index (χ2v) is 7.13. The SMILES string of the molecule is CC1CCC(N(C[C@H]2CCCO2)C(=O)Cc2cccnc2)CC1. The van der Waals surface area contributed by atoms with E-state index in [2.05, 4.69) is 16.8 Å². The molecule has 2 heterocycles. The maximum absolute atomic E-state index is 12.9. The highest BCUT2D eigenvalue weighted by molar-refractivity contribution is 5.79. The summed E-state index contributed by atoms with van der Waals surface area (Å²) in [7, 11) is 0. The summed E-state index contributed by atoms with van der Waals surface area (Å²) in [5, 5.41) is 0. The summed E-state index contributed by atoms with van der Waals surface area (Å²) in [6.07, 6.45) is 11.2. The third kappa shape index (κ3) is 4.54. The Morgan fingerprint density at radius 1 is 1.30 bits per heavy atom. The van der Waals surface area contributed by atoms with Crippen LogP contribution in [0.15, 0.2) is 24.5 Å². The number of carbonyl (C=O) groups is 1. The predicted octanol–water partition coefficient (Wildman–Crippen LogP) is 3.21. The molecule has 1 aliphatic heterocycles. The van der Waals surface area contributed by atoms with Gasteiger partial charge in [-0.1, -0.05) is 13.0 Å². The van der Waals surface area contributed by atoms with Crippen molar-refractivity contribution in [3.05, 3.63) is 30.1 Å². The van der Waals surface area contributed by atoms with Crippen molar-refractivity contribution >= 4 is 5.91 Å². The van der Waals surface area contributed by atoms with E-state index in [1.165, 1.54) is 12.8 Å². The minimum atomic E-state index is 0.229. The van der Waals surface area contributed by atoms with Gasteiger partial charge in [-0.15, -0.1) is 0 Å². The lowest BCUT2D eigenvalue weighted by molar-refractivity contribution is -0.135. The average Bonchev–Trinajstić information content (AvgIpc) is 3.08. The first kappa shape index (κ1) is 16.4. The van der Waals surface area contributed by atoms with Crippen molar-refractivity contribution in [1.82, 2.24) is 9.88 Å². The number of rotatable bonds is 5.